The number of rotatable bonds is 1. The molecule has 0 fully saturated rings. The van der Waals surface area contributed by atoms with E-state index in [1.807, 2.05) is 0 Å². The van der Waals surface area contributed by atoms with Gasteiger partial charge in [-0.2, -0.15) is 0 Å². The fraction of sp³-hybridized carbons (Fsp3) is 0.176. The molecule has 2 aromatic rings. The van der Waals surface area contributed by atoms with Gasteiger partial charge in [0, 0.05) is 23.5 Å². The van der Waals surface area contributed by atoms with E-state index in [9.17, 15) is 0 Å². The third-order valence-electron chi connectivity index (χ3n) is 3.99. The van der Waals surface area contributed by atoms with Gasteiger partial charge in [-0.25, -0.2) is 0 Å². The number of benzene rings is 2. The molecule has 0 unspecified atom stereocenters. The summed E-state index contributed by atoms with van der Waals surface area (Å²) in [6.45, 7) is 1.11. The van der Waals surface area contributed by atoms with Crippen LogP contribution in [0.1, 0.15) is 16.7 Å². The minimum Gasteiger partial charge on any atom is -0.341 e. The Morgan fingerprint density at radius 3 is 2.56 bits per heavy atom. The molecule has 0 amide bonds. The summed E-state index contributed by atoms with van der Waals surface area (Å²) in [7, 11) is 0. The average molecular weight is 233 g/mol. The van der Waals surface area contributed by atoms with Crippen molar-refractivity contribution in [2.75, 3.05) is 11.4 Å². The highest BCUT2D eigenvalue weighted by atomic mass is 15.2. The van der Waals surface area contributed by atoms with Gasteiger partial charge in [0.25, 0.3) is 0 Å². The largest absolute Gasteiger partial charge is 0.341 e. The van der Waals surface area contributed by atoms with Crippen molar-refractivity contribution in [3.05, 3.63) is 71.3 Å². The first-order chi connectivity index (χ1) is 8.93. The second-order valence-electron chi connectivity index (χ2n) is 4.98. The molecular formula is C17H15N. The van der Waals surface area contributed by atoms with Crippen LogP contribution >= 0.6 is 0 Å². The highest BCUT2D eigenvalue weighted by molar-refractivity contribution is 5.86. The molecule has 0 radical (unpaired) electrons. The molecule has 1 heteroatoms. The summed E-state index contributed by atoms with van der Waals surface area (Å²) >= 11 is 0. The van der Waals surface area contributed by atoms with E-state index in [-0.39, 0.29) is 0 Å². The molecule has 0 saturated carbocycles. The summed E-state index contributed by atoms with van der Waals surface area (Å²) < 4.78 is 0. The summed E-state index contributed by atoms with van der Waals surface area (Å²) in [6, 6.07) is 17.5. The fourth-order valence-corrected chi connectivity index (χ4v) is 3.11. The topological polar surface area (TPSA) is 3.24 Å². The summed E-state index contributed by atoms with van der Waals surface area (Å²) in [5.41, 5.74) is 7.13. The molecule has 88 valence electrons. The summed E-state index contributed by atoms with van der Waals surface area (Å²) in [5.74, 6) is 0. The lowest BCUT2D eigenvalue weighted by molar-refractivity contribution is 1.01. The smallest absolute Gasteiger partial charge is 0.0450 e. The molecule has 0 bridgehead atoms. The van der Waals surface area contributed by atoms with Crippen LogP contribution in [-0.4, -0.2) is 6.54 Å². The van der Waals surface area contributed by atoms with Gasteiger partial charge in [0.1, 0.15) is 0 Å². The van der Waals surface area contributed by atoms with Crippen molar-refractivity contribution in [3.8, 4) is 0 Å². The number of hydrogen-bond acceptors (Lipinski definition) is 1. The van der Waals surface area contributed by atoms with Crippen molar-refractivity contribution >= 4 is 11.4 Å². The van der Waals surface area contributed by atoms with E-state index in [2.05, 4.69) is 59.5 Å². The van der Waals surface area contributed by atoms with E-state index in [4.69, 9.17) is 0 Å². The van der Waals surface area contributed by atoms with Gasteiger partial charge >= 0.3 is 0 Å². The molecule has 0 aromatic heterocycles. The molecule has 1 aliphatic carbocycles. The maximum Gasteiger partial charge on any atom is 0.0450 e. The van der Waals surface area contributed by atoms with Crippen LogP contribution < -0.4 is 4.90 Å². The summed E-state index contributed by atoms with van der Waals surface area (Å²) in [4.78, 5) is 2.47. The Hall–Kier alpha value is -2.02. The maximum absolute atomic E-state index is 2.47. The van der Waals surface area contributed by atoms with E-state index in [1.54, 1.807) is 0 Å². The zero-order valence-corrected chi connectivity index (χ0v) is 10.3. The van der Waals surface area contributed by atoms with Gasteiger partial charge in [0.05, 0.1) is 0 Å². The zero-order chi connectivity index (χ0) is 11.9. The predicted molar refractivity (Wildman–Crippen MR) is 75.6 cm³/mol. The molecule has 0 N–H and O–H groups in total. The number of allylic oxidation sites excluding steroid dienone is 1. The van der Waals surface area contributed by atoms with Crippen LogP contribution in [0.4, 0.5) is 5.69 Å². The molecule has 4 rings (SSSR count). The van der Waals surface area contributed by atoms with E-state index >= 15 is 0 Å². The zero-order valence-electron chi connectivity index (χ0n) is 10.3. The molecule has 2 aliphatic rings. The molecule has 0 saturated heterocycles. The van der Waals surface area contributed by atoms with Crippen LogP contribution in [0, 0.1) is 0 Å². The van der Waals surface area contributed by atoms with Crippen LogP contribution in [-0.2, 0) is 12.8 Å². The van der Waals surface area contributed by atoms with Crippen LogP contribution in [0.5, 0.6) is 0 Å². The molecule has 0 spiro atoms. The molecule has 1 aliphatic heterocycles. The third-order valence-corrected chi connectivity index (χ3v) is 3.99. The van der Waals surface area contributed by atoms with E-state index in [0.717, 1.165) is 19.4 Å². The van der Waals surface area contributed by atoms with Crippen LogP contribution in [0.3, 0.4) is 0 Å². The summed E-state index contributed by atoms with van der Waals surface area (Å²) in [5, 5.41) is 0. The highest BCUT2D eigenvalue weighted by Gasteiger charge is 2.25. The SMILES string of the molecule is C1=C(N2CCc3ccccc32)c2ccccc2C1. The molecule has 0 atom stereocenters. The van der Waals surface area contributed by atoms with E-state index in [0.29, 0.717) is 0 Å². The molecule has 1 nitrogen and oxygen atoms in total. The number of hydrogen-bond donors (Lipinski definition) is 0. The Labute approximate surface area is 107 Å². The summed E-state index contributed by atoms with van der Waals surface area (Å²) in [6.07, 6.45) is 4.60. The Morgan fingerprint density at radius 2 is 1.61 bits per heavy atom. The lowest BCUT2D eigenvalue weighted by atomic mass is 10.1. The fourth-order valence-electron chi connectivity index (χ4n) is 3.11. The van der Waals surface area contributed by atoms with Gasteiger partial charge in [0.2, 0.25) is 0 Å². The van der Waals surface area contributed by atoms with Crippen molar-refractivity contribution in [2.24, 2.45) is 0 Å². The number of nitrogens with zero attached hydrogens (tertiary/aromatic N) is 1. The van der Waals surface area contributed by atoms with Crippen molar-refractivity contribution < 1.29 is 0 Å². The highest BCUT2D eigenvalue weighted by Crippen LogP contribution is 2.38. The molecular weight excluding hydrogens is 218 g/mol. The second-order valence-corrected chi connectivity index (χ2v) is 4.98. The first-order valence-corrected chi connectivity index (χ1v) is 6.57. The van der Waals surface area contributed by atoms with Gasteiger partial charge in [-0.15, -0.1) is 0 Å². The molecule has 1 heterocycles. The molecule has 2 aromatic carbocycles. The first-order valence-electron chi connectivity index (χ1n) is 6.57. The Kier molecular flexibility index (Phi) is 2.07. The number of fused-ring (bicyclic) bond motifs is 2. The number of para-hydroxylation sites is 1. The minimum absolute atomic E-state index is 1.07. The quantitative estimate of drug-likeness (QED) is 0.726. The van der Waals surface area contributed by atoms with Crippen molar-refractivity contribution in [3.63, 3.8) is 0 Å². The predicted octanol–water partition coefficient (Wildman–Crippen LogP) is 3.65. The Morgan fingerprint density at radius 1 is 0.833 bits per heavy atom. The van der Waals surface area contributed by atoms with Crippen LogP contribution in [0.25, 0.3) is 5.70 Å². The van der Waals surface area contributed by atoms with E-state index < -0.39 is 0 Å². The van der Waals surface area contributed by atoms with Crippen molar-refractivity contribution in [2.45, 2.75) is 12.8 Å². The number of anilines is 1. The van der Waals surface area contributed by atoms with Gasteiger partial charge in [-0.05, 0) is 30.0 Å². The van der Waals surface area contributed by atoms with Crippen molar-refractivity contribution in [1.82, 2.24) is 0 Å². The van der Waals surface area contributed by atoms with Crippen molar-refractivity contribution in [1.29, 1.82) is 0 Å². The Bertz CT molecular complexity index is 640. The van der Waals surface area contributed by atoms with E-state index in [1.165, 1.54) is 28.1 Å². The normalized spacial score (nSPS) is 16.4. The standard InChI is InChI=1S/C17H15N/c1-3-7-15-13(5-1)9-10-17(15)18-12-11-14-6-2-4-8-16(14)18/h1-8,10H,9,11-12H2. The molecule has 18 heavy (non-hydrogen) atoms. The monoisotopic (exact) mass is 233 g/mol. The average Bonchev–Trinajstić information content (AvgIpc) is 3.01. The third kappa shape index (κ3) is 1.34. The lowest BCUT2D eigenvalue weighted by Gasteiger charge is -2.22. The van der Waals surface area contributed by atoms with Gasteiger partial charge < -0.3 is 4.90 Å². The maximum atomic E-state index is 2.47. The van der Waals surface area contributed by atoms with Gasteiger partial charge in [0.15, 0.2) is 0 Å². The minimum atomic E-state index is 1.07. The first kappa shape index (κ1) is 9.95. The second kappa shape index (κ2) is 3.74. The lowest BCUT2D eigenvalue weighted by Crippen LogP contribution is -2.17. The Balaban J connectivity index is 1.79. The van der Waals surface area contributed by atoms with Gasteiger partial charge in [-0.3, -0.25) is 0 Å². The van der Waals surface area contributed by atoms with Crippen LogP contribution in [0.2, 0.25) is 0 Å². The van der Waals surface area contributed by atoms with Crippen LogP contribution in [0.15, 0.2) is 54.6 Å². The van der Waals surface area contributed by atoms with Gasteiger partial charge in [-0.1, -0.05) is 48.5 Å².